The van der Waals surface area contributed by atoms with Crippen LogP contribution in [-0.4, -0.2) is 16.8 Å². The molecule has 1 N–H and O–H groups in total. The van der Waals surface area contributed by atoms with E-state index in [1.54, 1.807) is 10.7 Å². The van der Waals surface area contributed by atoms with Crippen LogP contribution in [0, 0.1) is 19.7 Å². The van der Waals surface area contributed by atoms with Gasteiger partial charge in [-0.05, 0) is 51.4 Å². The zero-order valence-corrected chi connectivity index (χ0v) is 12.8. The molecule has 0 spiro atoms. The van der Waals surface area contributed by atoms with Crippen LogP contribution in [0.1, 0.15) is 42.4 Å². The number of para-hydroxylation sites is 1. The highest BCUT2D eigenvalue weighted by molar-refractivity contribution is 5.46. The Hall–Kier alpha value is -1.68. The molecule has 0 saturated heterocycles. The molecular formula is C16H22FN3. The monoisotopic (exact) mass is 275 g/mol. The molecule has 1 aromatic heterocycles. The Kier molecular flexibility index (Phi) is 4.23. The van der Waals surface area contributed by atoms with Crippen molar-refractivity contribution in [3.8, 4) is 5.69 Å². The fraction of sp³-hybridized carbons (Fsp3) is 0.438. The molecule has 20 heavy (non-hydrogen) atoms. The number of aryl methyl sites for hydroxylation is 1. The minimum atomic E-state index is -0.238. The second-order valence-corrected chi connectivity index (χ2v) is 5.10. The van der Waals surface area contributed by atoms with Crippen molar-refractivity contribution in [2.75, 3.05) is 7.05 Å². The van der Waals surface area contributed by atoms with E-state index in [1.807, 2.05) is 33.9 Å². The highest BCUT2D eigenvalue weighted by Crippen LogP contribution is 2.27. The van der Waals surface area contributed by atoms with Gasteiger partial charge in [-0.15, -0.1) is 0 Å². The number of nitrogens with zero attached hydrogens (tertiary/aromatic N) is 2. The molecule has 1 atom stereocenters. The van der Waals surface area contributed by atoms with E-state index in [0.717, 1.165) is 23.4 Å². The maximum Gasteiger partial charge on any atom is 0.149 e. The van der Waals surface area contributed by atoms with Gasteiger partial charge >= 0.3 is 0 Å². The van der Waals surface area contributed by atoms with Crippen molar-refractivity contribution in [3.05, 3.63) is 46.5 Å². The van der Waals surface area contributed by atoms with Crippen LogP contribution in [0.3, 0.4) is 0 Å². The smallest absolute Gasteiger partial charge is 0.149 e. The Morgan fingerprint density at radius 3 is 2.60 bits per heavy atom. The lowest BCUT2D eigenvalue weighted by atomic mass is 10.1. The maximum absolute atomic E-state index is 14.4. The Bertz CT molecular complexity index is 616. The molecule has 4 heteroatoms. The van der Waals surface area contributed by atoms with Crippen LogP contribution in [0.2, 0.25) is 0 Å². The van der Waals surface area contributed by atoms with Gasteiger partial charge in [-0.2, -0.15) is 5.10 Å². The molecule has 0 aliphatic carbocycles. The maximum atomic E-state index is 14.4. The second kappa shape index (κ2) is 5.75. The number of hydrogen-bond donors (Lipinski definition) is 1. The van der Waals surface area contributed by atoms with Crippen LogP contribution in [0.4, 0.5) is 4.39 Å². The quantitative estimate of drug-likeness (QED) is 0.926. The van der Waals surface area contributed by atoms with Crippen LogP contribution in [0.5, 0.6) is 0 Å². The van der Waals surface area contributed by atoms with Crippen molar-refractivity contribution in [2.24, 2.45) is 0 Å². The number of nitrogens with one attached hydrogen (secondary N) is 1. The lowest BCUT2D eigenvalue weighted by Gasteiger charge is -2.17. The highest BCUT2D eigenvalue weighted by atomic mass is 19.1. The molecule has 3 nitrogen and oxygen atoms in total. The number of hydrogen-bond acceptors (Lipinski definition) is 2. The van der Waals surface area contributed by atoms with Gasteiger partial charge in [-0.25, -0.2) is 9.07 Å². The largest absolute Gasteiger partial charge is 0.313 e. The van der Waals surface area contributed by atoms with E-state index < -0.39 is 0 Å². The third-order valence-electron chi connectivity index (χ3n) is 3.92. The minimum Gasteiger partial charge on any atom is -0.313 e. The van der Waals surface area contributed by atoms with Crippen LogP contribution >= 0.6 is 0 Å². The first kappa shape index (κ1) is 14.7. The van der Waals surface area contributed by atoms with Gasteiger partial charge < -0.3 is 5.32 Å². The third kappa shape index (κ3) is 2.36. The summed E-state index contributed by atoms with van der Waals surface area (Å²) in [5.74, 6) is -0.238. The van der Waals surface area contributed by atoms with Gasteiger partial charge in [0.2, 0.25) is 0 Å². The van der Waals surface area contributed by atoms with Gasteiger partial charge in [-0.1, -0.05) is 19.1 Å². The molecule has 1 heterocycles. The molecule has 0 aliphatic rings. The Morgan fingerprint density at radius 1 is 1.35 bits per heavy atom. The van der Waals surface area contributed by atoms with Gasteiger partial charge in [0.1, 0.15) is 11.5 Å². The Labute approximate surface area is 119 Å². The van der Waals surface area contributed by atoms with Gasteiger partial charge in [-0.3, -0.25) is 0 Å². The van der Waals surface area contributed by atoms with Gasteiger partial charge in [0.25, 0.3) is 0 Å². The summed E-state index contributed by atoms with van der Waals surface area (Å²) in [5, 5.41) is 7.70. The summed E-state index contributed by atoms with van der Waals surface area (Å²) in [7, 11) is 1.87. The van der Waals surface area contributed by atoms with Gasteiger partial charge in [0.15, 0.2) is 0 Å². The first-order valence-corrected chi connectivity index (χ1v) is 7.02. The van der Waals surface area contributed by atoms with E-state index in [-0.39, 0.29) is 11.9 Å². The average Bonchev–Trinajstić information content (AvgIpc) is 2.72. The van der Waals surface area contributed by atoms with Crippen molar-refractivity contribution in [3.63, 3.8) is 0 Å². The van der Waals surface area contributed by atoms with Crippen molar-refractivity contribution in [2.45, 2.75) is 40.2 Å². The summed E-state index contributed by atoms with van der Waals surface area (Å²) >= 11 is 0. The zero-order valence-electron chi connectivity index (χ0n) is 12.8. The van der Waals surface area contributed by atoms with E-state index in [1.165, 1.54) is 11.6 Å². The van der Waals surface area contributed by atoms with Gasteiger partial charge in [0, 0.05) is 11.7 Å². The van der Waals surface area contributed by atoms with Crippen LogP contribution in [-0.2, 0) is 6.42 Å². The standard InChI is InChI=1S/C16H22FN3/c1-6-13-11(3)19-20(12(13)4)16-14(10(2)18-5)8-7-9-15(16)17/h7-10,18H,6H2,1-5H3. The summed E-state index contributed by atoms with van der Waals surface area (Å²) in [6.45, 7) is 8.09. The zero-order chi connectivity index (χ0) is 14.9. The predicted molar refractivity (Wildman–Crippen MR) is 79.8 cm³/mol. The summed E-state index contributed by atoms with van der Waals surface area (Å²) < 4.78 is 16.1. The topological polar surface area (TPSA) is 29.9 Å². The summed E-state index contributed by atoms with van der Waals surface area (Å²) in [4.78, 5) is 0. The predicted octanol–water partition coefficient (Wildman–Crippen LogP) is 3.47. The van der Waals surface area contributed by atoms with Crippen molar-refractivity contribution in [1.29, 1.82) is 0 Å². The minimum absolute atomic E-state index is 0.0645. The fourth-order valence-electron chi connectivity index (χ4n) is 2.66. The lowest BCUT2D eigenvalue weighted by molar-refractivity contribution is 0.586. The lowest BCUT2D eigenvalue weighted by Crippen LogP contribution is -2.17. The number of aromatic nitrogens is 2. The van der Waals surface area contributed by atoms with Crippen LogP contribution in [0.15, 0.2) is 18.2 Å². The summed E-state index contributed by atoms with van der Waals surface area (Å²) in [5.41, 5.74) is 4.64. The first-order chi connectivity index (χ1) is 9.51. The average molecular weight is 275 g/mol. The number of halogens is 1. The second-order valence-electron chi connectivity index (χ2n) is 5.10. The van der Waals surface area contributed by atoms with E-state index in [4.69, 9.17) is 0 Å². The van der Waals surface area contributed by atoms with Crippen molar-refractivity contribution < 1.29 is 4.39 Å². The first-order valence-electron chi connectivity index (χ1n) is 7.02. The third-order valence-corrected chi connectivity index (χ3v) is 3.92. The van der Waals surface area contributed by atoms with E-state index in [0.29, 0.717) is 5.69 Å². The summed E-state index contributed by atoms with van der Waals surface area (Å²) in [6.07, 6.45) is 0.906. The van der Waals surface area contributed by atoms with Crippen LogP contribution < -0.4 is 5.32 Å². The number of rotatable bonds is 4. The Morgan fingerprint density at radius 2 is 2.05 bits per heavy atom. The molecular weight excluding hydrogens is 253 g/mol. The molecule has 0 radical (unpaired) electrons. The summed E-state index contributed by atoms with van der Waals surface area (Å²) in [6, 6.07) is 5.24. The molecule has 0 saturated carbocycles. The molecule has 0 amide bonds. The molecule has 0 bridgehead atoms. The van der Waals surface area contributed by atoms with Gasteiger partial charge in [0.05, 0.1) is 5.69 Å². The molecule has 2 rings (SSSR count). The normalized spacial score (nSPS) is 12.7. The molecule has 1 aromatic carbocycles. The molecule has 0 fully saturated rings. The Balaban J connectivity index is 2.69. The van der Waals surface area contributed by atoms with E-state index in [2.05, 4.69) is 17.3 Å². The molecule has 2 aromatic rings. The molecule has 108 valence electrons. The molecule has 0 aliphatic heterocycles. The number of benzene rings is 1. The van der Waals surface area contributed by atoms with E-state index >= 15 is 0 Å². The SMILES string of the molecule is CCc1c(C)nn(-c2c(F)cccc2C(C)NC)c1C. The van der Waals surface area contributed by atoms with Crippen molar-refractivity contribution >= 4 is 0 Å². The highest BCUT2D eigenvalue weighted by Gasteiger charge is 2.19. The fourth-order valence-corrected chi connectivity index (χ4v) is 2.66. The van der Waals surface area contributed by atoms with Crippen molar-refractivity contribution in [1.82, 2.24) is 15.1 Å². The molecule has 1 unspecified atom stereocenters. The van der Waals surface area contributed by atoms with Crippen LogP contribution in [0.25, 0.3) is 5.69 Å². The van der Waals surface area contributed by atoms with E-state index in [9.17, 15) is 4.39 Å².